The summed E-state index contributed by atoms with van der Waals surface area (Å²) in [7, 11) is 3.62. The second kappa shape index (κ2) is 4.06. The summed E-state index contributed by atoms with van der Waals surface area (Å²) < 4.78 is 0. The van der Waals surface area contributed by atoms with Gasteiger partial charge in [-0.05, 0) is 26.2 Å². The second-order valence-corrected chi connectivity index (χ2v) is 4.09. The number of hydrogen-bond acceptors (Lipinski definition) is 3. The molecule has 1 aliphatic heterocycles. The van der Waals surface area contributed by atoms with Gasteiger partial charge in [0.25, 0.3) is 5.91 Å². The number of carbonyl (C=O) groups is 2. The molecule has 1 unspecified atom stereocenters. The van der Waals surface area contributed by atoms with Gasteiger partial charge in [0.15, 0.2) is 0 Å². The molecule has 1 fully saturated rings. The number of rotatable bonds is 2. The molecule has 0 N–H and O–H groups in total. The molecular weight excluding hydrogens is 204 g/mol. The number of likely N-dealkylation sites (N-methyl/N-ethyl adjacent to an activating group) is 1. The quantitative estimate of drug-likeness (QED) is 0.692. The van der Waals surface area contributed by atoms with Crippen molar-refractivity contribution in [2.24, 2.45) is 0 Å². The molecule has 2 amide bonds. The van der Waals surface area contributed by atoms with Gasteiger partial charge in [0.05, 0.1) is 18.2 Å². The molecule has 4 heteroatoms. The highest BCUT2D eigenvalue weighted by Crippen LogP contribution is 2.23. The number of amides is 2. The lowest BCUT2D eigenvalue weighted by molar-refractivity contribution is -0.122. The molecule has 0 saturated carbocycles. The average molecular weight is 218 g/mol. The van der Waals surface area contributed by atoms with Gasteiger partial charge < -0.3 is 0 Å². The summed E-state index contributed by atoms with van der Waals surface area (Å²) in [6, 6.07) is 8.71. The number of hydrogen-bond donors (Lipinski definition) is 0. The van der Waals surface area contributed by atoms with E-state index >= 15 is 0 Å². The molecule has 1 saturated heterocycles. The molecule has 1 aliphatic rings. The Morgan fingerprint density at radius 3 is 2.31 bits per heavy atom. The van der Waals surface area contributed by atoms with Crippen LogP contribution in [0.25, 0.3) is 0 Å². The number of imide groups is 1. The van der Waals surface area contributed by atoms with Gasteiger partial charge in [0, 0.05) is 0 Å². The van der Waals surface area contributed by atoms with Gasteiger partial charge in [-0.25, -0.2) is 4.90 Å². The van der Waals surface area contributed by atoms with E-state index in [2.05, 4.69) is 0 Å². The molecule has 0 spiro atoms. The third-order valence-electron chi connectivity index (χ3n) is 2.76. The summed E-state index contributed by atoms with van der Waals surface area (Å²) in [5.41, 5.74) is 0.654. The Morgan fingerprint density at radius 1 is 1.19 bits per heavy atom. The van der Waals surface area contributed by atoms with Crippen LogP contribution in [-0.4, -0.2) is 36.9 Å². The number of anilines is 1. The maximum atomic E-state index is 12.0. The van der Waals surface area contributed by atoms with E-state index in [1.807, 2.05) is 32.3 Å². The summed E-state index contributed by atoms with van der Waals surface area (Å²) in [5, 5.41) is 0. The lowest BCUT2D eigenvalue weighted by atomic mass is 10.2. The van der Waals surface area contributed by atoms with Crippen molar-refractivity contribution in [3.63, 3.8) is 0 Å². The Bertz CT molecular complexity index is 414. The SMILES string of the molecule is CN(C)C1CC(=O)N(c2ccccc2)C1=O. The van der Waals surface area contributed by atoms with E-state index in [0.717, 1.165) is 0 Å². The Balaban J connectivity index is 2.30. The van der Waals surface area contributed by atoms with Gasteiger partial charge >= 0.3 is 0 Å². The van der Waals surface area contributed by atoms with E-state index in [1.165, 1.54) is 4.90 Å². The fourth-order valence-corrected chi connectivity index (χ4v) is 1.87. The first-order valence-corrected chi connectivity index (χ1v) is 5.19. The molecule has 1 heterocycles. The maximum absolute atomic E-state index is 12.0. The largest absolute Gasteiger partial charge is 0.298 e. The molecule has 0 aliphatic carbocycles. The molecule has 2 rings (SSSR count). The van der Waals surface area contributed by atoms with Gasteiger partial charge in [-0.1, -0.05) is 18.2 Å². The van der Waals surface area contributed by atoms with Gasteiger partial charge in [0.1, 0.15) is 0 Å². The Morgan fingerprint density at radius 2 is 1.81 bits per heavy atom. The summed E-state index contributed by atoms with van der Waals surface area (Å²) in [6.45, 7) is 0. The van der Waals surface area contributed by atoms with Crippen LogP contribution in [0.15, 0.2) is 30.3 Å². The van der Waals surface area contributed by atoms with E-state index in [9.17, 15) is 9.59 Å². The van der Waals surface area contributed by atoms with Crippen molar-refractivity contribution in [3.8, 4) is 0 Å². The van der Waals surface area contributed by atoms with Crippen LogP contribution in [-0.2, 0) is 9.59 Å². The highest BCUT2D eigenvalue weighted by atomic mass is 16.2. The normalized spacial score (nSPS) is 20.9. The predicted molar refractivity (Wildman–Crippen MR) is 61.0 cm³/mol. The van der Waals surface area contributed by atoms with Crippen LogP contribution in [0.4, 0.5) is 5.69 Å². The minimum absolute atomic E-state index is 0.130. The van der Waals surface area contributed by atoms with Crippen molar-refractivity contribution in [2.45, 2.75) is 12.5 Å². The van der Waals surface area contributed by atoms with Gasteiger partial charge in [-0.3, -0.25) is 14.5 Å². The maximum Gasteiger partial charge on any atom is 0.251 e. The van der Waals surface area contributed by atoms with Crippen molar-refractivity contribution < 1.29 is 9.59 Å². The standard InChI is InChI=1S/C12H14N2O2/c1-13(2)10-8-11(15)14(12(10)16)9-6-4-3-5-7-9/h3-7,10H,8H2,1-2H3. The molecular formula is C12H14N2O2. The number of benzene rings is 1. The molecule has 0 bridgehead atoms. The van der Waals surface area contributed by atoms with E-state index in [1.54, 1.807) is 17.0 Å². The molecule has 1 aromatic rings. The Hall–Kier alpha value is -1.68. The van der Waals surface area contributed by atoms with E-state index in [0.29, 0.717) is 5.69 Å². The highest BCUT2D eigenvalue weighted by molar-refractivity contribution is 6.22. The topological polar surface area (TPSA) is 40.6 Å². The van der Waals surface area contributed by atoms with Gasteiger partial charge in [-0.15, -0.1) is 0 Å². The molecule has 1 atom stereocenters. The molecule has 0 aromatic heterocycles. The zero-order valence-corrected chi connectivity index (χ0v) is 9.38. The molecule has 84 valence electrons. The van der Waals surface area contributed by atoms with Crippen molar-refractivity contribution in [2.75, 3.05) is 19.0 Å². The van der Waals surface area contributed by atoms with Crippen LogP contribution in [0.5, 0.6) is 0 Å². The Kier molecular flexibility index (Phi) is 2.75. The zero-order valence-electron chi connectivity index (χ0n) is 9.38. The van der Waals surface area contributed by atoms with E-state index in [-0.39, 0.29) is 24.3 Å². The van der Waals surface area contributed by atoms with Crippen molar-refractivity contribution in [1.29, 1.82) is 0 Å². The van der Waals surface area contributed by atoms with Gasteiger partial charge in [0.2, 0.25) is 5.91 Å². The summed E-state index contributed by atoms with van der Waals surface area (Å²) in [6.07, 6.45) is 0.265. The fraction of sp³-hybridized carbons (Fsp3) is 0.333. The third-order valence-corrected chi connectivity index (χ3v) is 2.76. The van der Waals surface area contributed by atoms with E-state index in [4.69, 9.17) is 0 Å². The Labute approximate surface area is 94.5 Å². The smallest absolute Gasteiger partial charge is 0.251 e. The van der Waals surface area contributed by atoms with Crippen LogP contribution >= 0.6 is 0 Å². The van der Waals surface area contributed by atoms with Crippen molar-refractivity contribution in [3.05, 3.63) is 30.3 Å². The molecule has 0 radical (unpaired) electrons. The molecule has 16 heavy (non-hydrogen) atoms. The first kappa shape index (κ1) is 10.8. The minimum atomic E-state index is -0.326. The summed E-state index contributed by atoms with van der Waals surface area (Å²) in [4.78, 5) is 26.8. The second-order valence-electron chi connectivity index (χ2n) is 4.09. The lowest BCUT2D eigenvalue weighted by Gasteiger charge is -2.18. The number of nitrogens with zero attached hydrogens (tertiary/aromatic N) is 2. The lowest BCUT2D eigenvalue weighted by Crippen LogP contribution is -2.38. The van der Waals surface area contributed by atoms with Crippen LogP contribution in [0, 0.1) is 0 Å². The van der Waals surface area contributed by atoms with Crippen LogP contribution < -0.4 is 4.90 Å². The zero-order chi connectivity index (χ0) is 11.7. The fourth-order valence-electron chi connectivity index (χ4n) is 1.87. The average Bonchev–Trinajstić information content (AvgIpc) is 2.56. The summed E-state index contributed by atoms with van der Waals surface area (Å²) >= 11 is 0. The number of para-hydroxylation sites is 1. The van der Waals surface area contributed by atoms with Crippen LogP contribution in [0.1, 0.15) is 6.42 Å². The van der Waals surface area contributed by atoms with Crippen LogP contribution in [0.3, 0.4) is 0 Å². The minimum Gasteiger partial charge on any atom is -0.298 e. The van der Waals surface area contributed by atoms with Crippen LogP contribution in [0.2, 0.25) is 0 Å². The van der Waals surface area contributed by atoms with Crippen molar-refractivity contribution in [1.82, 2.24) is 4.90 Å². The molecule has 4 nitrogen and oxygen atoms in total. The third kappa shape index (κ3) is 1.72. The molecule has 1 aromatic carbocycles. The van der Waals surface area contributed by atoms with Gasteiger partial charge in [-0.2, -0.15) is 0 Å². The van der Waals surface area contributed by atoms with E-state index < -0.39 is 0 Å². The number of carbonyl (C=O) groups excluding carboxylic acids is 2. The first-order valence-electron chi connectivity index (χ1n) is 5.19. The highest BCUT2D eigenvalue weighted by Gasteiger charge is 2.40. The predicted octanol–water partition coefficient (Wildman–Crippen LogP) is 0.880. The van der Waals surface area contributed by atoms with Crippen molar-refractivity contribution >= 4 is 17.5 Å². The monoisotopic (exact) mass is 218 g/mol. The first-order chi connectivity index (χ1) is 7.61. The summed E-state index contributed by atoms with van der Waals surface area (Å²) in [5.74, 6) is -0.267.